The predicted molar refractivity (Wildman–Crippen MR) is 99.3 cm³/mol. The lowest BCUT2D eigenvalue weighted by atomic mass is 9.91. The van der Waals surface area contributed by atoms with E-state index < -0.39 is 10.0 Å². The zero-order chi connectivity index (χ0) is 18.4. The van der Waals surface area contributed by atoms with Crippen molar-refractivity contribution in [3.63, 3.8) is 0 Å². The van der Waals surface area contributed by atoms with Crippen LogP contribution in [0.5, 0.6) is 0 Å². The molecule has 25 heavy (non-hydrogen) atoms. The number of amides is 1. The molecular weight excluding hydrogens is 338 g/mol. The Morgan fingerprint density at radius 1 is 1.32 bits per heavy atom. The minimum Gasteiger partial charge on any atom is -0.339 e. The molecule has 1 aliphatic rings. The molecule has 7 heteroatoms. The van der Waals surface area contributed by atoms with Crippen LogP contribution in [0.3, 0.4) is 0 Å². The first-order valence-electron chi connectivity index (χ1n) is 8.85. The Labute approximate surface area is 150 Å². The Bertz CT molecular complexity index is 663. The molecule has 3 unspecified atom stereocenters. The average Bonchev–Trinajstić information content (AvgIpc) is 2.60. The van der Waals surface area contributed by atoms with Crippen LogP contribution in [0.4, 0.5) is 0 Å². The molecule has 140 valence electrons. The first-order chi connectivity index (χ1) is 11.8. The molecule has 1 fully saturated rings. The molecule has 1 heterocycles. The zero-order valence-electron chi connectivity index (χ0n) is 15.0. The van der Waals surface area contributed by atoms with Crippen LogP contribution in [0.15, 0.2) is 30.3 Å². The van der Waals surface area contributed by atoms with E-state index in [-0.39, 0.29) is 23.9 Å². The number of sulfonamides is 1. The van der Waals surface area contributed by atoms with E-state index in [1.807, 2.05) is 42.2 Å². The van der Waals surface area contributed by atoms with Gasteiger partial charge in [-0.1, -0.05) is 37.3 Å². The fraction of sp³-hybridized carbons (Fsp3) is 0.611. The molecule has 0 aromatic heterocycles. The molecule has 0 aliphatic carbocycles. The number of nitrogens with two attached hydrogens (primary N) is 1. The van der Waals surface area contributed by atoms with Crippen LogP contribution in [0.2, 0.25) is 0 Å². The highest BCUT2D eigenvalue weighted by Gasteiger charge is 2.32. The number of piperidine rings is 1. The first kappa shape index (κ1) is 19.9. The van der Waals surface area contributed by atoms with Crippen molar-refractivity contribution in [2.75, 3.05) is 19.3 Å². The van der Waals surface area contributed by atoms with Crippen molar-refractivity contribution >= 4 is 15.9 Å². The van der Waals surface area contributed by atoms with Gasteiger partial charge in [-0.2, -0.15) is 0 Å². The SMILES string of the molecule is CC(C(=O)N1CCCCC1CCNS(C)(=O)=O)C(N)c1ccccc1. The summed E-state index contributed by atoms with van der Waals surface area (Å²) in [4.78, 5) is 14.9. The van der Waals surface area contributed by atoms with Gasteiger partial charge in [0, 0.05) is 25.2 Å². The van der Waals surface area contributed by atoms with Crippen LogP contribution in [0.1, 0.15) is 44.2 Å². The number of nitrogens with one attached hydrogen (secondary N) is 1. The molecular formula is C18H29N3O3S. The molecule has 3 atom stereocenters. The van der Waals surface area contributed by atoms with E-state index in [0.717, 1.165) is 31.1 Å². The number of rotatable bonds is 7. The summed E-state index contributed by atoms with van der Waals surface area (Å²) in [5.41, 5.74) is 7.26. The molecule has 2 rings (SSSR count). The van der Waals surface area contributed by atoms with Crippen molar-refractivity contribution in [2.24, 2.45) is 11.7 Å². The van der Waals surface area contributed by atoms with Gasteiger partial charge in [-0.15, -0.1) is 0 Å². The monoisotopic (exact) mass is 367 g/mol. The largest absolute Gasteiger partial charge is 0.339 e. The van der Waals surface area contributed by atoms with Crippen LogP contribution in [-0.4, -0.2) is 44.6 Å². The molecule has 1 aliphatic heterocycles. The van der Waals surface area contributed by atoms with Crippen LogP contribution in [-0.2, 0) is 14.8 Å². The zero-order valence-corrected chi connectivity index (χ0v) is 15.8. The maximum Gasteiger partial charge on any atom is 0.227 e. The third-order valence-electron chi connectivity index (χ3n) is 4.86. The quantitative estimate of drug-likeness (QED) is 0.766. The number of carbonyl (C=O) groups excluding carboxylic acids is 1. The van der Waals surface area contributed by atoms with Gasteiger partial charge >= 0.3 is 0 Å². The lowest BCUT2D eigenvalue weighted by molar-refractivity contribution is -0.139. The first-order valence-corrected chi connectivity index (χ1v) is 10.7. The van der Waals surface area contributed by atoms with E-state index in [2.05, 4.69) is 4.72 Å². The van der Waals surface area contributed by atoms with E-state index in [0.29, 0.717) is 19.5 Å². The fourth-order valence-electron chi connectivity index (χ4n) is 3.38. The van der Waals surface area contributed by atoms with Gasteiger partial charge < -0.3 is 10.6 Å². The number of carbonyl (C=O) groups is 1. The van der Waals surface area contributed by atoms with Crippen molar-refractivity contribution in [3.8, 4) is 0 Å². The second-order valence-corrected chi connectivity index (χ2v) is 8.69. The summed E-state index contributed by atoms with van der Waals surface area (Å²) in [7, 11) is -3.20. The summed E-state index contributed by atoms with van der Waals surface area (Å²) >= 11 is 0. The van der Waals surface area contributed by atoms with Crippen molar-refractivity contribution in [2.45, 2.75) is 44.7 Å². The van der Waals surface area contributed by atoms with Crippen LogP contribution >= 0.6 is 0 Å². The lowest BCUT2D eigenvalue weighted by Gasteiger charge is -2.38. The average molecular weight is 368 g/mol. The van der Waals surface area contributed by atoms with E-state index in [9.17, 15) is 13.2 Å². The van der Waals surface area contributed by atoms with E-state index in [1.54, 1.807) is 0 Å². The molecule has 1 saturated heterocycles. The van der Waals surface area contributed by atoms with E-state index in [1.165, 1.54) is 0 Å². The Morgan fingerprint density at radius 2 is 2.00 bits per heavy atom. The molecule has 1 aromatic rings. The molecule has 0 spiro atoms. The molecule has 0 bridgehead atoms. The summed E-state index contributed by atoms with van der Waals surface area (Å²) in [5, 5.41) is 0. The highest BCUT2D eigenvalue weighted by molar-refractivity contribution is 7.88. The fourth-order valence-corrected chi connectivity index (χ4v) is 3.87. The summed E-state index contributed by atoms with van der Waals surface area (Å²) in [6.07, 6.45) is 4.73. The van der Waals surface area contributed by atoms with Gasteiger partial charge in [-0.3, -0.25) is 4.79 Å². The third kappa shape index (κ3) is 5.80. The van der Waals surface area contributed by atoms with Gasteiger partial charge in [0.25, 0.3) is 0 Å². The van der Waals surface area contributed by atoms with Crippen LogP contribution in [0, 0.1) is 5.92 Å². The van der Waals surface area contributed by atoms with Gasteiger partial charge in [-0.05, 0) is 31.2 Å². The van der Waals surface area contributed by atoms with Gasteiger partial charge in [0.05, 0.1) is 12.2 Å². The summed E-state index contributed by atoms with van der Waals surface area (Å²) in [5.74, 6) is -0.258. The number of hydrogen-bond acceptors (Lipinski definition) is 4. The molecule has 0 saturated carbocycles. The third-order valence-corrected chi connectivity index (χ3v) is 5.59. The lowest BCUT2D eigenvalue weighted by Crippen LogP contribution is -2.48. The Balaban J connectivity index is 2.01. The summed E-state index contributed by atoms with van der Waals surface area (Å²) in [6, 6.07) is 9.39. The van der Waals surface area contributed by atoms with Gasteiger partial charge in [0.2, 0.25) is 15.9 Å². The second kappa shape index (κ2) is 8.78. The maximum absolute atomic E-state index is 13.0. The smallest absolute Gasteiger partial charge is 0.227 e. The van der Waals surface area contributed by atoms with Crippen molar-refractivity contribution < 1.29 is 13.2 Å². The van der Waals surface area contributed by atoms with Crippen molar-refractivity contribution in [1.29, 1.82) is 0 Å². The number of benzene rings is 1. The second-order valence-electron chi connectivity index (χ2n) is 6.86. The van der Waals surface area contributed by atoms with Crippen molar-refractivity contribution in [1.82, 2.24) is 9.62 Å². The van der Waals surface area contributed by atoms with Crippen molar-refractivity contribution in [3.05, 3.63) is 35.9 Å². The summed E-state index contributed by atoms with van der Waals surface area (Å²) < 4.78 is 25.0. The molecule has 6 nitrogen and oxygen atoms in total. The van der Waals surface area contributed by atoms with Gasteiger partial charge in [0.15, 0.2) is 0 Å². The van der Waals surface area contributed by atoms with E-state index in [4.69, 9.17) is 5.73 Å². The molecule has 1 amide bonds. The van der Waals surface area contributed by atoms with E-state index >= 15 is 0 Å². The van der Waals surface area contributed by atoms with Gasteiger partial charge in [-0.25, -0.2) is 13.1 Å². The van der Waals surface area contributed by atoms with Crippen LogP contribution < -0.4 is 10.5 Å². The molecule has 3 N–H and O–H groups in total. The summed E-state index contributed by atoms with van der Waals surface area (Å²) in [6.45, 7) is 2.95. The number of hydrogen-bond donors (Lipinski definition) is 2. The Kier molecular flexibility index (Phi) is 6.98. The highest BCUT2D eigenvalue weighted by Crippen LogP contribution is 2.26. The minimum atomic E-state index is -3.20. The maximum atomic E-state index is 13.0. The number of nitrogens with zero attached hydrogens (tertiary/aromatic N) is 1. The minimum absolute atomic E-state index is 0.0559. The predicted octanol–water partition coefficient (Wildman–Crippen LogP) is 1.64. The standard InChI is InChI=1S/C18H29N3O3S/c1-14(17(19)15-8-4-3-5-9-15)18(22)21-13-7-6-10-16(21)11-12-20-25(2,23)24/h3-5,8-9,14,16-17,20H,6-7,10-13,19H2,1-2H3. The molecule has 0 radical (unpaired) electrons. The molecule has 1 aromatic carbocycles. The Hall–Kier alpha value is -1.44. The Morgan fingerprint density at radius 3 is 2.64 bits per heavy atom. The van der Waals surface area contributed by atoms with Gasteiger partial charge in [0.1, 0.15) is 0 Å². The van der Waals surface area contributed by atoms with Crippen LogP contribution in [0.25, 0.3) is 0 Å². The normalized spacial score (nSPS) is 20.9. The number of likely N-dealkylation sites (tertiary alicyclic amines) is 1. The topological polar surface area (TPSA) is 92.5 Å². The highest BCUT2D eigenvalue weighted by atomic mass is 32.2.